The number of thiazole rings is 1. The van der Waals surface area contributed by atoms with E-state index < -0.39 is 0 Å². The van der Waals surface area contributed by atoms with E-state index in [9.17, 15) is 4.79 Å². The van der Waals surface area contributed by atoms with Crippen molar-refractivity contribution in [2.45, 2.75) is 27.7 Å². The Hall–Kier alpha value is -9.95. The Morgan fingerprint density at radius 1 is 0.390 bits per heavy atom. The number of aryl methyl sites for hydroxylation is 8. The van der Waals surface area contributed by atoms with Crippen LogP contribution in [0.2, 0.25) is 0 Å². The molecule has 105 heavy (non-hydrogen) atoms. The van der Waals surface area contributed by atoms with Gasteiger partial charge in [-0.25, -0.2) is 15.0 Å². The van der Waals surface area contributed by atoms with Crippen molar-refractivity contribution in [3.63, 3.8) is 0 Å². The Bertz CT molecular complexity index is 5840. The van der Waals surface area contributed by atoms with Crippen LogP contribution in [0.15, 0.2) is 283 Å². The van der Waals surface area contributed by atoms with Crippen molar-refractivity contribution in [3.8, 4) is 0 Å². The maximum Gasteiger partial charge on any atom is 0.197 e. The van der Waals surface area contributed by atoms with E-state index in [4.69, 9.17) is 4.42 Å². The molecule has 0 N–H and O–H groups in total. The molecule has 0 spiro atoms. The monoisotopic (exact) mass is 1930 g/mol. The van der Waals surface area contributed by atoms with Crippen molar-refractivity contribution in [1.29, 1.82) is 0 Å². The van der Waals surface area contributed by atoms with Gasteiger partial charge in [-0.05, 0) is 121 Å². The van der Waals surface area contributed by atoms with Crippen LogP contribution in [0.4, 0.5) is 0 Å². The summed E-state index contributed by atoms with van der Waals surface area (Å²) in [5.41, 5.74) is 13.5. The standard InChI is InChI=1S/C14H11NO.C13H11N.C12H10N2.C12H9NS.C11H9N3.C9H7S.C8H6NO.C8H6NS.3W/c1-15-12-8-4-2-6-10(12)14(16)11-7-3-5-9-13(11)15;1-14-12-8-4-2-6-10(12)11-7-3-5-9-13(11)14;1-14-11-7-3-2-5-9(11)10-6-4-8-13-12(10)14;1-8-6-7-13-12-11(8)9-4-2-3-5-10(9)14-12;1-14-10-2-4-12-6-8(10)9-7-13-5-3-11(9)14;1-7-6-8-4-2-3-5-9(8)10-7;2*1-6-9-7-4-2-3-5-8(7)10-6;;;/h2-9H,1H3;2-9H,1H3;2-8H,1H3;2*2-7H,1H3;3-6H,1H3;2*2,4-5H,1H3;;;/q;;;;;3*-1;;;. The first-order chi connectivity index (χ1) is 49.9. The number of hydrogen-bond donors (Lipinski definition) is 0. The molecule has 0 unspecified atom stereocenters. The minimum atomic E-state index is 0. The minimum absolute atomic E-state index is 0. The van der Waals surface area contributed by atoms with Gasteiger partial charge < -0.3 is 22.7 Å². The summed E-state index contributed by atoms with van der Waals surface area (Å²) in [4.78, 5) is 40.2. The maximum absolute atomic E-state index is 12.2. The zero-order valence-electron chi connectivity index (χ0n) is 58.7. The summed E-state index contributed by atoms with van der Waals surface area (Å²) in [6.07, 6.45) is 11.1. The van der Waals surface area contributed by atoms with E-state index >= 15 is 0 Å². The number of benzene rings is 9. The average molecular weight is 1930 g/mol. The van der Waals surface area contributed by atoms with Crippen molar-refractivity contribution < 1.29 is 67.6 Å². The van der Waals surface area contributed by atoms with Gasteiger partial charge in [0.2, 0.25) is 0 Å². The molecule has 0 atom stereocenters. The Morgan fingerprint density at radius 3 is 1.46 bits per heavy atom. The van der Waals surface area contributed by atoms with Gasteiger partial charge in [-0.1, -0.05) is 113 Å². The Kier molecular flexibility index (Phi) is 25.2. The Balaban J connectivity index is 0.000000120. The Labute approximate surface area is 662 Å². The van der Waals surface area contributed by atoms with Gasteiger partial charge in [0.1, 0.15) is 10.5 Å². The number of oxazole rings is 1. The fraction of sp³-hybridized carbons (Fsp3) is 0.0920. The molecule has 21 aromatic rings. The molecule has 12 aromatic heterocycles. The van der Waals surface area contributed by atoms with Crippen LogP contribution in [-0.4, -0.2) is 48.2 Å². The molecule has 0 bridgehead atoms. The fourth-order valence-corrected chi connectivity index (χ4v) is 15.8. The molecular weight excluding hydrogens is 1860 g/mol. The number of nitrogens with zero attached hydrogens (tertiary/aromatic N) is 10. The molecule has 12 heterocycles. The molecule has 0 aliphatic rings. The summed E-state index contributed by atoms with van der Waals surface area (Å²) in [5.74, 6) is 0.703. The van der Waals surface area contributed by atoms with E-state index in [0.29, 0.717) is 5.89 Å². The van der Waals surface area contributed by atoms with Crippen LogP contribution >= 0.6 is 34.0 Å². The second kappa shape index (κ2) is 34.8. The SMILES string of the molecule is Cc1cc2c[c-]ccc2s1.Cc1ccnc2sc3ccccc3c12.Cc1nc2cc[c-]cc2o1.Cc1nc2cc[c-]cc2s1.Cn1c2ccccc2c(=O)c2ccccc21.Cn1c2ccccc2c2ccccc21.Cn1c2ccccc2c2cccnc21.Cn1c2ccncc2c2cnccc21.[W].[W].[W]. The second-order valence-electron chi connectivity index (χ2n) is 24.3. The summed E-state index contributed by atoms with van der Waals surface area (Å²) < 4.78 is 17.7. The number of thiophene rings is 2. The zero-order chi connectivity index (χ0) is 70.2. The molecule has 21 rings (SSSR count). The molecule has 9 aromatic carbocycles. The summed E-state index contributed by atoms with van der Waals surface area (Å²) >= 11 is 5.31. The van der Waals surface area contributed by atoms with Gasteiger partial charge in [-0.15, -0.1) is 34.9 Å². The number of rotatable bonds is 0. The molecule has 18 heteroatoms. The molecule has 518 valence electrons. The average Bonchev–Trinajstić information content (AvgIpc) is 1.53. The molecule has 12 nitrogen and oxygen atoms in total. The van der Waals surface area contributed by atoms with Crippen molar-refractivity contribution in [1.82, 2.24) is 48.2 Å². The smallest absolute Gasteiger partial charge is 0.197 e. The number of para-hydroxylation sites is 5. The molecule has 0 aliphatic heterocycles. The van der Waals surface area contributed by atoms with Gasteiger partial charge in [0.15, 0.2) is 11.3 Å². The van der Waals surface area contributed by atoms with Gasteiger partial charge in [-0.2, -0.15) is 77.3 Å². The molecular formula is C87H69N10O2S3W3-3. The van der Waals surface area contributed by atoms with Gasteiger partial charge >= 0.3 is 0 Å². The fourth-order valence-electron chi connectivity index (χ4n) is 12.9. The number of fused-ring (bicyclic) bond motifs is 17. The molecule has 0 saturated heterocycles. The first-order valence-corrected chi connectivity index (χ1v) is 35.7. The van der Waals surface area contributed by atoms with Gasteiger partial charge in [-0.3, -0.25) is 19.7 Å². The van der Waals surface area contributed by atoms with E-state index in [-0.39, 0.29) is 68.6 Å². The second-order valence-corrected chi connectivity index (χ2v) is 27.8. The molecule has 0 amide bonds. The van der Waals surface area contributed by atoms with Crippen LogP contribution in [0.5, 0.6) is 0 Å². The largest absolute Gasteiger partial charge is 0.504 e. The van der Waals surface area contributed by atoms with E-state index in [0.717, 1.165) is 64.7 Å². The molecule has 0 aliphatic carbocycles. The quantitative estimate of drug-likeness (QED) is 0.108. The third-order valence-corrected chi connectivity index (χ3v) is 20.8. The third-order valence-electron chi connectivity index (χ3n) is 17.8. The number of hydrogen-bond acceptors (Lipinski definition) is 11. The van der Waals surface area contributed by atoms with Crippen molar-refractivity contribution in [2.24, 2.45) is 28.2 Å². The van der Waals surface area contributed by atoms with Crippen LogP contribution in [0.25, 0.3) is 139 Å². The van der Waals surface area contributed by atoms with Crippen LogP contribution in [-0.2, 0) is 91.4 Å². The Morgan fingerprint density at radius 2 is 0.876 bits per heavy atom. The molecule has 0 fully saturated rings. The predicted molar refractivity (Wildman–Crippen MR) is 429 cm³/mol. The maximum atomic E-state index is 12.2. The summed E-state index contributed by atoms with van der Waals surface area (Å²) in [6.45, 7) is 8.12. The topological polar surface area (TPSA) is 127 Å². The summed E-state index contributed by atoms with van der Waals surface area (Å²) in [7, 11) is 8.22. The van der Waals surface area contributed by atoms with E-state index in [2.05, 4.69) is 223 Å². The van der Waals surface area contributed by atoms with Crippen LogP contribution in [0, 0.1) is 45.9 Å². The minimum Gasteiger partial charge on any atom is -0.504 e. The number of pyridine rings is 5. The van der Waals surface area contributed by atoms with Gasteiger partial charge in [0.05, 0.1) is 32.6 Å². The summed E-state index contributed by atoms with van der Waals surface area (Å²) in [5, 5.41) is 14.1. The predicted octanol–water partition coefficient (Wildman–Crippen LogP) is 22.0. The zero-order valence-corrected chi connectivity index (χ0v) is 70.0. The van der Waals surface area contributed by atoms with E-state index in [1.165, 1.54) is 89.8 Å². The van der Waals surface area contributed by atoms with Gasteiger partial charge in [0, 0.05) is 211 Å². The van der Waals surface area contributed by atoms with Crippen LogP contribution < -0.4 is 5.43 Å². The first kappa shape index (κ1) is 76.2. The molecule has 0 saturated carbocycles. The first-order valence-electron chi connectivity index (χ1n) is 33.2. The van der Waals surface area contributed by atoms with E-state index in [1.807, 2.05) is 179 Å². The molecule has 0 radical (unpaired) electrons. The van der Waals surface area contributed by atoms with Crippen LogP contribution in [0.1, 0.15) is 21.3 Å². The normalized spacial score (nSPS) is 10.7. The van der Waals surface area contributed by atoms with E-state index in [1.54, 1.807) is 28.7 Å². The summed E-state index contributed by atoms with van der Waals surface area (Å²) in [6, 6.07) is 88.1. The van der Waals surface area contributed by atoms with Crippen LogP contribution in [0.3, 0.4) is 0 Å². The van der Waals surface area contributed by atoms with Gasteiger partial charge in [0.25, 0.3) is 0 Å². The van der Waals surface area contributed by atoms with Crippen molar-refractivity contribution >= 4 is 173 Å². The third kappa shape index (κ3) is 16.5. The van der Waals surface area contributed by atoms with Crippen molar-refractivity contribution in [3.05, 3.63) is 324 Å². The van der Waals surface area contributed by atoms with Crippen molar-refractivity contribution in [2.75, 3.05) is 0 Å². The number of aromatic nitrogens is 10.